The van der Waals surface area contributed by atoms with Crippen LogP contribution in [0.4, 0.5) is 0 Å². The van der Waals surface area contributed by atoms with E-state index in [0.717, 1.165) is 11.1 Å². The highest BCUT2D eigenvalue weighted by Crippen LogP contribution is 2.11. The molecule has 0 heterocycles. The topological polar surface area (TPSA) is 76.7 Å². The molecule has 6 heteroatoms. The maximum absolute atomic E-state index is 12.0. The first-order chi connectivity index (χ1) is 11.6. The molecular formula is C18H20N2O4. The standard InChI is InChI=1S/C18H20N2O4/c1-13-5-3-8-16(9-13)24-12-17(21)19-20-18(22)15-7-4-6-14(10-15)11-23-2/h3-10H,11-12H2,1-2H3,(H,19,21)(H,20,22). The Morgan fingerprint density at radius 3 is 2.58 bits per heavy atom. The van der Waals surface area contributed by atoms with Gasteiger partial charge < -0.3 is 9.47 Å². The van der Waals surface area contributed by atoms with Crippen molar-refractivity contribution in [3.8, 4) is 5.75 Å². The lowest BCUT2D eigenvalue weighted by Gasteiger charge is -2.10. The van der Waals surface area contributed by atoms with Gasteiger partial charge in [0, 0.05) is 12.7 Å². The molecule has 0 saturated heterocycles. The summed E-state index contributed by atoms with van der Waals surface area (Å²) in [6.07, 6.45) is 0. The van der Waals surface area contributed by atoms with Crippen molar-refractivity contribution >= 4 is 11.8 Å². The molecule has 0 aliphatic carbocycles. The van der Waals surface area contributed by atoms with Crippen molar-refractivity contribution in [3.63, 3.8) is 0 Å². The maximum Gasteiger partial charge on any atom is 0.276 e. The monoisotopic (exact) mass is 328 g/mol. The number of methoxy groups -OCH3 is 1. The number of hydrogen-bond donors (Lipinski definition) is 2. The smallest absolute Gasteiger partial charge is 0.276 e. The molecule has 0 spiro atoms. The summed E-state index contributed by atoms with van der Waals surface area (Å²) in [7, 11) is 1.58. The molecule has 2 rings (SSSR count). The van der Waals surface area contributed by atoms with Crippen molar-refractivity contribution in [1.29, 1.82) is 0 Å². The quantitative estimate of drug-likeness (QED) is 0.795. The van der Waals surface area contributed by atoms with Crippen molar-refractivity contribution < 1.29 is 19.1 Å². The van der Waals surface area contributed by atoms with Crippen LogP contribution in [0.5, 0.6) is 5.75 Å². The number of amides is 2. The zero-order valence-corrected chi connectivity index (χ0v) is 13.7. The van der Waals surface area contributed by atoms with Gasteiger partial charge in [0.25, 0.3) is 11.8 Å². The van der Waals surface area contributed by atoms with Crippen molar-refractivity contribution in [3.05, 3.63) is 65.2 Å². The van der Waals surface area contributed by atoms with Crippen LogP contribution in [0.25, 0.3) is 0 Å². The van der Waals surface area contributed by atoms with Crippen LogP contribution in [-0.2, 0) is 16.1 Å². The number of aryl methyl sites for hydroxylation is 1. The lowest BCUT2D eigenvalue weighted by atomic mass is 10.1. The minimum atomic E-state index is -0.446. The van der Waals surface area contributed by atoms with Gasteiger partial charge in [-0.3, -0.25) is 20.4 Å². The van der Waals surface area contributed by atoms with Gasteiger partial charge in [-0.05, 0) is 42.3 Å². The van der Waals surface area contributed by atoms with E-state index in [1.165, 1.54) is 0 Å². The van der Waals surface area contributed by atoms with Gasteiger partial charge in [0.05, 0.1) is 6.61 Å². The zero-order valence-electron chi connectivity index (χ0n) is 13.7. The molecule has 0 aliphatic heterocycles. The molecule has 2 amide bonds. The molecule has 24 heavy (non-hydrogen) atoms. The fourth-order valence-electron chi connectivity index (χ4n) is 2.06. The lowest BCUT2D eigenvalue weighted by molar-refractivity contribution is -0.123. The molecule has 2 N–H and O–H groups in total. The third-order valence-corrected chi connectivity index (χ3v) is 3.18. The van der Waals surface area contributed by atoms with E-state index in [1.54, 1.807) is 31.4 Å². The molecule has 0 bridgehead atoms. The van der Waals surface area contributed by atoms with E-state index in [9.17, 15) is 9.59 Å². The molecule has 0 radical (unpaired) electrons. The second-order valence-electron chi connectivity index (χ2n) is 5.24. The second kappa shape index (κ2) is 8.69. The number of benzene rings is 2. The average Bonchev–Trinajstić information content (AvgIpc) is 2.58. The Hall–Kier alpha value is -2.86. The highest BCUT2D eigenvalue weighted by Gasteiger charge is 2.08. The highest BCUT2D eigenvalue weighted by molar-refractivity contribution is 5.95. The maximum atomic E-state index is 12.0. The summed E-state index contributed by atoms with van der Waals surface area (Å²) in [5.74, 6) is -0.251. The van der Waals surface area contributed by atoms with E-state index in [2.05, 4.69) is 10.9 Å². The minimum Gasteiger partial charge on any atom is -0.484 e. The Balaban J connectivity index is 1.80. The summed E-state index contributed by atoms with van der Waals surface area (Å²) < 4.78 is 10.4. The van der Waals surface area contributed by atoms with E-state index in [4.69, 9.17) is 9.47 Å². The first kappa shape index (κ1) is 17.5. The zero-order chi connectivity index (χ0) is 17.4. The van der Waals surface area contributed by atoms with Crippen LogP contribution in [-0.4, -0.2) is 25.5 Å². The molecule has 0 aromatic heterocycles. The van der Waals surface area contributed by atoms with Gasteiger partial charge >= 0.3 is 0 Å². The Morgan fingerprint density at radius 2 is 1.83 bits per heavy atom. The van der Waals surface area contributed by atoms with Gasteiger partial charge in [0.15, 0.2) is 6.61 Å². The van der Waals surface area contributed by atoms with Crippen LogP contribution < -0.4 is 15.6 Å². The van der Waals surface area contributed by atoms with Crippen LogP contribution in [0.2, 0.25) is 0 Å². The summed E-state index contributed by atoms with van der Waals surface area (Å²) in [4.78, 5) is 23.8. The van der Waals surface area contributed by atoms with E-state index < -0.39 is 11.8 Å². The Kier molecular flexibility index (Phi) is 6.33. The SMILES string of the molecule is COCc1cccc(C(=O)NNC(=O)COc2cccc(C)c2)c1. The van der Waals surface area contributed by atoms with E-state index in [1.807, 2.05) is 31.2 Å². The summed E-state index contributed by atoms with van der Waals surface area (Å²) in [5.41, 5.74) is 7.03. The molecule has 2 aromatic rings. The minimum absolute atomic E-state index is 0.187. The number of hydrogen-bond acceptors (Lipinski definition) is 4. The average molecular weight is 328 g/mol. The normalized spacial score (nSPS) is 10.1. The molecule has 0 atom stereocenters. The van der Waals surface area contributed by atoms with E-state index in [-0.39, 0.29) is 6.61 Å². The predicted molar refractivity (Wildman–Crippen MR) is 89.4 cm³/mol. The van der Waals surface area contributed by atoms with Crippen molar-refractivity contribution in [2.75, 3.05) is 13.7 Å². The predicted octanol–water partition coefficient (Wildman–Crippen LogP) is 1.98. The van der Waals surface area contributed by atoms with E-state index in [0.29, 0.717) is 17.9 Å². The van der Waals surface area contributed by atoms with Crippen molar-refractivity contribution in [2.24, 2.45) is 0 Å². The largest absolute Gasteiger partial charge is 0.484 e. The number of hydrazine groups is 1. The summed E-state index contributed by atoms with van der Waals surface area (Å²) >= 11 is 0. The van der Waals surface area contributed by atoms with Gasteiger partial charge in [-0.25, -0.2) is 0 Å². The van der Waals surface area contributed by atoms with Crippen LogP contribution in [0.3, 0.4) is 0 Å². The highest BCUT2D eigenvalue weighted by atomic mass is 16.5. The number of carbonyl (C=O) groups excluding carboxylic acids is 2. The third kappa shape index (κ3) is 5.40. The Labute approximate surface area is 140 Å². The van der Waals surface area contributed by atoms with E-state index >= 15 is 0 Å². The first-order valence-corrected chi connectivity index (χ1v) is 7.45. The number of ether oxygens (including phenoxy) is 2. The van der Waals surface area contributed by atoms with Gasteiger partial charge in [-0.1, -0.05) is 24.3 Å². The van der Waals surface area contributed by atoms with Crippen molar-refractivity contribution in [1.82, 2.24) is 10.9 Å². The number of carbonyl (C=O) groups is 2. The van der Waals surface area contributed by atoms with Crippen LogP contribution >= 0.6 is 0 Å². The fourth-order valence-corrected chi connectivity index (χ4v) is 2.06. The Morgan fingerprint density at radius 1 is 1.04 bits per heavy atom. The first-order valence-electron chi connectivity index (χ1n) is 7.45. The Bertz CT molecular complexity index is 716. The summed E-state index contributed by atoms with van der Waals surface area (Å²) in [6, 6.07) is 14.3. The van der Waals surface area contributed by atoms with Gasteiger partial charge in [0.1, 0.15) is 5.75 Å². The van der Waals surface area contributed by atoms with Crippen LogP contribution in [0.15, 0.2) is 48.5 Å². The van der Waals surface area contributed by atoms with Crippen LogP contribution in [0.1, 0.15) is 21.5 Å². The lowest BCUT2D eigenvalue weighted by Crippen LogP contribution is -2.43. The fraction of sp³-hybridized carbons (Fsp3) is 0.222. The van der Waals surface area contributed by atoms with Gasteiger partial charge in [-0.2, -0.15) is 0 Å². The summed E-state index contributed by atoms with van der Waals surface area (Å²) in [6.45, 7) is 2.16. The molecule has 6 nitrogen and oxygen atoms in total. The molecule has 0 unspecified atom stereocenters. The molecule has 0 saturated carbocycles. The van der Waals surface area contributed by atoms with Gasteiger partial charge in [0.2, 0.25) is 0 Å². The van der Waals surface area contributed by atoms with Crippen LogP contribution in [0, 0.1) is 6.92 Å². The number of rotatable bonds is 6. The molecular weight excluding hydrogens is 308 g/mol. The van der Waals surface area contributed by atoms with Crippen molar-refractivity contribution in [2.45, 2.75) is 13.5 Å². The number of nitrogens with one attached hydrogen (secondary N) is 2. The molecule has 0 fully saturated rings. The van der Waals surface area contributed by atoms with Gasteiger partial charge in [-0.15, -0.1) is 0 Å². The molecule has 2 aromatic carbocycles. The third-order valence-electron chi connectivity index (χ3n) is 3.18. The molecule has 126 valence electrons. The second-order valence-corrected chi connectivity index (χ2v) is 5.24. The molecule has 0 aliphatic rings. The summed E-state index contributed by atoms with van der Waals surface area (Å²) in [5, 5.41) is 0.